The van der Waals surface area contributed by atoms with Crippen molar-refractivity contribution in [2.24, 2.45) is 0 Å². The minimum absolute atomic E-state index is 0.163. The Labute approximate surface area is 106 Å². The van der Waals surface area contributed by atoms with Crippen LogP contribution in [-0.2, 0) is 6.54 Å². The van der Waals surface area contributed by atoms with Crippen LogP contribution in [0, 0.1) is 0 Å². The van der Waals surface area contributed by atoms with Crippen LogP contribution in [0.15, 0.2) is 24.3 Å². The maximum Gasteiger partial charge on any atom is 0.0411 e. The Balaban J connectivity index is 2.84. The molecular formula is C15H26N2. The van der Waals surface area contributed by atoms with Gasteiger partial charge in [-0.05, 0) is 46.2 Å². The Kier molecular flexibility index (Phi) is 5.01. The summed E-state index contributed by atoms with van der Waals surface area (Å²) in [4.78, 5) is 2.40. The maximum absolute atomic E-state index is 3.55. The van der Waals surface area contributed by atoms with E-state index in [1.165, 1.54) is 11.3 Å². The Morgan fingerprint density at radius 3 is 2.18 bits per heavy atom. The molecule has 0 aromatic heterocycles. The Morgan fingerprint density at radius 2 is 1.65 bits per heavy atom. The molecule has 1 aromatic rings. The zero-order valence-corrected chi connectivity index (χ0v) is 11.9. The highest BCUT2D eigenvalue weighted by atomic mass is 15.1. The predicted molar refractivity (Wildman–Crippen MR) is 76.6 cm³/mol. The minimum atomic E-state index is 0.163. The topological polar surface area (TPSA) is 15.3 Å². The number of nitrogens with zero attached hydrogens (tertiary/aromatic N) is 1. The van der Waals surface area contributed by atoms with E-state index < -0.39 is 0 Å². The van der Waals surface area contributed by atoms with Crippen LogP contribution >= 0.6 is 0 Å². The molecule has 0 aliphatic heterocycles. The van der Waals surface area contributed by atoms with Crippen LogP contribution in [0.4, 0.5) is 5.69 Å². The SMILES string of the molecule is CCN(CC)c1ccccc1CNC(C)(C)C. The van der Waals surface area contributed by atoms with E-state index in [4.69, 9.17) is 0 Å². The number of para-hydroxylation sites is 1. The van der Waals surface area contributed by atoms with Gasteiger partial charge in [-0.2, -0.15) is 0 Å². The fourth-order valence-corrected chi connectivity index (χ4v) is 1.89. The summed E-state index contributed by atoms with van der Waals surface area (Å²) in [6.07, 6.45) is 0. The third-order valence-corrected chi connectivity index (χ3v) is 2.90. The molecule has 0 aliphatic carbocycles. The van der Waals surface area contributed by atoms with Crippen molar-refractivity contribution in [3.8, 4) is 0 Å². The quantitative estimate of drug-likeness (QED) is 0.840. The lowest BCUT2D eigenvalue weighted by Gasteiger charge is -2.26. The lowest BCUT2D eigenvalue weighted by atomic mass is 10.1. The van der Waals surface area contributed by atoms with Gasteiger partial charge in [0.25, 0.3) is 0 Å². The van der Waals surface area contributed by atoms with Gasteiger partial charge in [0.15, 0.2) is 0 Å². The van der Waals surface area contributed by atoms with Gasteiger partial charge in [-0.25, -0.2) is 0 Å². The van der Waals surface area contributed by atoms with Crippen molar-refractivity contribution < 1.29 is 0 Å². The van der Waals surface area contributed by atoms with Crippen molar-refractivity contribution in [3.05, 3.63) is 29.8 Å². The van der Waals surface area contributed by atoms with Crippen LogP contribution in [0.5, 0.6) is 0 Å². The van der Waals surface area contributed by atoms with Gasteiger partial charge >= 0.3 is 0 Å². The minimum Gasteiger partial charge on any atom is -0.372 e. The van der Waals surface area contributed by atoms with Gasteiger partial charge in [-0.3, -0.25) is 0 Å². The molecule has 0 spiro atoms. The average Bonchev–Trinajstić information content (AvgIpc) is 2.28. The predicted octanol–water partition coefficient (Wildman–Crippen LogP) is 3.42. The summed E-state index contributed by atoms with van der Waals surface area (Å²) in [5.74, 6) is 0. The second-order valence-corrected chi connectivity index (χ2v) is 5.40. The molecule has 0 atom stereocenters. The first-order valence-electron chi connectivity index (χ1n) is 6.55. The van der Waals surface area contributed by atoms with E-state index in [1.807, 2.05) is 0 Å². The summed E-state index contributed by atoms with van der Waals surface area (Å²) >= 11 is 0. The second-order valence-electron chi connectivity index (χ2n) is 5.40. The zero-order chi connectivity index (χ0) is 12.9. The van der Waals surface area contributed by atoms with Crippen LogP contribution in [-0.4, -0.2) is 18.6 Å². The molecule has 0 fully saturated rings. The summed E-state index contributed by atoms with van der Waals surface area (Å²) in [7, 11) is 0. The summed E-state index contributed by atoms with van der Waals surface area (Å²) in [5.41, 5.74) is 2.90. The van der Waals surface area contributed by atoms with Crippen LogP contribution in [0.2, 0.25) is 0 Å². The van der Waals surface area contributed by atoms with Crippen molar-refractivity contribution in [3.63, 3.8) is 0 Å². The van der Waals surface area contributed by atoms with Gasteiger partial charge in [0, 0.05) is 30.9 Å². The molecular weight excluding hydrogens is 208 g/mol. The molecule has 0 saturated carbocycles. The smallest absolute Gasteiger partial charge is 0.0411 e. The first-order valence-corrected chi connectivity index (χ1v) is 6.55. The number of hydrogen-bond donors (Lipinski definition) is 1. The largest absolute Gasteiger partial charge is 0.372 e. The van der Waals surface area contributed by atoms with Crippen LogP contribution < -0.4 is 10.2 Å². The van der Waals surface area contributed by atoms with E-state index in [0.29, 0.717) is 0 Å². The van der Waals surface area contributed by atoms with Crippen LogP contribution in [0.25, 0.3) is 0 Å². The molecule has 0 radical (unpaired) electrons. The molecule has 0 bridgehead atoms. The molecule has 0 saturated heterocycles. The first-order chi connectivity index (χ1) is 7.98. The van der Waals surface area contributed by atoms with Gasteiger partial charge in [-0.15, -0.1) is 0 Å². The maximum atomic E-state index is 3.55. The first kappa shape index (κ1) is 14.0. The third-order valence-electron chi connectivity index (χ3n) is 2.90. The monoisotopic (exact) mass is 234 g/mol. The van der Waals surface area contributed by atoms with Gasteiger partial charge in [-0.1, -0.05) is 18.2 Å². The van der Waals surface area contributed by atoms with Gasteiger partial charge < -0.3 is 10.2 Å². The Morgan fingerprint density at radius 1 is 1.06 bits per heavy atom. The molecule has 17 heavy (non-hydrogen) atoms. The molecule has 0 amide bonds. The second kappa shape index (κ2) is 6.06. The van der Waals surface area contributed by atoms with E-state index in [9.17, 15) is 0 Å². The van der Waals surface area contributed by atoms with Crippen molar-refractivity contribution >= 4 is 5.69 Å². The lowest BCUT2D eigenvalue weighted by molar-refractivity contribution is 0.424. The van der Waals surface area contributed by atoms with Crippen molar-refractivity contribution in [1.82, 2.24) is 5.32 Å². The molecule has 1 N–H and O–H groups in total. The molecule has 0 heterocycles. The molecule has 0 aliphatic rings. The summed E-state index contributed by atoms with van der Waals surface area (Å²) in [6, 6.07) is 8.67. The van der Waals surface area contributed by atoms with Gasteiger partial charge in [0.1, 0.15) is 0 Å². The van der Waals surface area contributed by atoms with E-state index in [-0.39, 0.29) is 5.54 Å². The standard InChI is InChI=1S/C15H26N2/c1-6-17(7-2)14-11-9-8-10-13(14)12-16-15(3,4)5/h8-11,16H,6-7,12H2,1-5H3. The highest BCUT2D eigenvalue weighted by molar-refractivity contribution is 5.53. The van der Waals surface area contributed by atoms with E-state index in [1.54, 1.807) is 0 Å². The van der Waals surface area contributed by atoms with E-state index in [0.717, 1.165) is 19.6 Å². The zero-order valence-electron chi connectivity index (χ0n) is 11.9. The van der Waals surface area contributed by atoms with Crippen molar-refractivity contribution in [2.45, 2.75) is 46.7 Å². The van der Waals surface area contributed by atoms with Crippen molar-refractivity contribution in [2.75, 3.05) is 18.0 Å². The molecule has 1 rings (SSSR count). The third kappa shape index (κ3) is 4.39. The lowest BCUT2D eigenvalue weighted by Crippen LogP contribution is -2.35. The fraction of sp³-hybridized carbons (Fsp3) is 0.600. The van der Waals surface area contributed by atoms with Gasteiger partial charge in [0.2, 0.25) is 0 Å². The van der Waals surface area contributed by atoms with Crippen LogP contribution in [0.3, 0.4) is 0 Å². The number of nitrogens with one attached hydrogen (secondary N) is 1. The molecule has 0 unspecified atom stereocenters. The number of rotatable bonds is 5. The van der Waals surface area contributed by atoms with Gasteiger partial charge in [0.05, 0.1) is 0 Å². The number of hydrogen-bond acceptors (Lipinski definition) is 2. The molecule has 2 nitrogen and oxygen atoms in total. The highest BCUT2D eigenvalue weighted by Crippen LogP contribution is 2.20. The molecule has 96 valence electrons. The van der Waals surface area contributed by atoms with Crippen LogP contribution in [0.1, 0.15) is 40.2 Å². The van der Waals surface area contributed by atoms with E-state index in [2.05, 4.69) is 69.1 Å². The number of benzene rings is 1. The average molecular weight is 234 g/mol. The molecule has 2 heteroatoms. The molecule has 1 aromatic carbocycles. The number of anilines is 1. The summed E-state index contributed by atoms with van der Waals surface area (Å²) in [6.45, 7) is 14.1. The normalized spacial score (nSPS) is 11.6. The van der Waals surface area contributed by atoms with E-state index >= 15 is 0 Å². The highest BCUT2D eigenvalue weighted by Gasteiger charge is 2.12. The summed E-state index contributed by atoms with van der Waals surface area (Å²) in [5, 5.41) is 3.55. The fourth-order valence-electron chi connectivity index (χ4n) is 1.89. The summed E-state index contributed by atoms with van der Waals surface area (Å²) < 4.78 is 0. The Bertz CT molecular complexity index is 335. The Hall–Kier alpha value is -1.02. The van der Waals surface area contributed by atoms with Crippen molar-refractivity contribution in [1.29, 1.82) is 0 Å².